The summed E-state index contributed by atoms with van der Waals surface area (Å²) in [4.78, 5) is 11.1. The second-order valence-corrected chi connectivity index (χ2v) is 3.65. The topological polar surface area (TPSA) is 26.3 Å². The van der Waals surface area contributed by atoms with Crippen molar-refractivity contribution in [3.05, 3.63) is 30.3 Å². The SMILES string of the molecule is O=COCCCSc1ccccc1. The van der Waals surface area contributed by atoms with E-state index in [1.54, 1.807) is 11.8 Å². The molecule has 0 fully saturated rings. The minimum atomic E-state index is 0.493. The van der Waals surface area contributed by atoms with Gasteiger partial charge in [-0.15, -0.1) is 11.8 Å². The molecule has 0 radical (unpaired) electrons. The Kier molecular flexibility index (Phi) is 5.10. The van der Waals surface area contributed by atoms with Gasteiger partial charge < -0.3 is 4.74 Å². The van der Waals surface area contributed by atoms with Crippen molar-refractivity contribution in [2.45, 2.75) is 11.3 Å². The molecule has 0 amide bonds. The second kappa shape index (κ2) is 6.54. The largest absolute Gasteiger partial charge is 0.468 e. The summed E-state index contributed by atoms with van der Waals surface area (Å²) in [6.07, 6.45) is 0.901. The van der Waals surface area contributed by atoms with Crippen molar-refractivity contribution in [3.63, 3.8) is 0 Å². The Balaban J connectivity index is 2.10. The molecule has 0 spiro atoms. The summed E-state index contributed by atoms with van der Waals surface area (Å²) < 4.78 is 4.58. The second-order valence-electron chi connectivity index (χ2n) is 2.48. The number of carbonyl (C=O) groups excluding carboxylic acids is 1. The average molecular weight is 196 g/mol. The normalized spacial score (nSPS) is 9.54. The van der Waals surface area contributed by atoms with Crippen LogP contribution in [0.4, 0.5) is 0 Å². The Morgan fingerprint density at radius 3 is 2.77 bits per heavy atom. The highest BCUT2D eigenvalue weighted by Crippen LogP contribution is 2.17. The van der Waals surface area contributed by atoms with E-state index in [1.165, 1.54) is 4.90 Å². The summed E-state index contributed by atoms with van der Waals surface area (Å²) in [5, 5.41) is 0. The number of carbonyl (C=O) groups is 1. The molecule has 0 heterocycles. The number of benzene rings is 1. The van der Waals surface area contributed by atoms with E-state index in [-0.39, 0.29) is 0 Å². The predicted octanol–water partition coefficient (Wildman–Crippen LogP) is 2.34. The molecule has 0 unspecified atom stereocenters. The van der Waals surface area contributed by atoms with Crippen LogP contribution in [0.25, 0.3) is 0 Å². The number of rotatable bonds is 6. The van der Waals surface area contributed by atoms with Gasteiger partial charge in [0.25, 0.3) is 6.47 Å². The highest BCUT2D eigenvalue weighted by atomic mass is 32.2. The molecule has 0 aliphatic heterocycles. The summed E-state index contributed by atoms with van der Waals surface area (Å²) in [6, 6.07) is 10.2. The first kappa shape index (κ1) is 10.1. The van der Waals surface area contributed by atoms with E-state index < -0.39 is 0 Å². The zero-order valence-electron chi connectivity index (χ0n) is 7.31. The molecular formula is C10H12O2S. The highest BCUT2D eigenvalue weighted by Gasteiger charge is 1.92. The molecule has 0 bridgehead atoms. The first-order valence-corrected chi connectivity index (χ1v) is 5.15. The monoisotopic (exact) mass is 196 g/mol. The van der Waals surface area contributed by atoms with E-state index in [2.05, 4.69) is 16.9 Å². The summed E-state index contributed by atoms with van der Waals surface area (Å²) in [5.74, 6) is 0.984. The summed E-state index contributed by atoms with van der Waals surface area (Å²) in [7, 11) is 0. The van der Waals surface area contributed by atoms with E-state index in [1.807, 2.05) is 18.2 Å². The van der Waals surface area contributed by atoms with Crippen LogP contribution in [-0.4, -0.2) is 18.8 Å². The molecule has 1 rings (SSSR count). The van der Waals surface area contributed by atoms with Gasteiger partial charge in [0.05, 0.1) is 6.61 Å². The van der Waals surface area contributed by atoms with Crippen LogP contribution in [0.15, 0.2) is 35.2 Å². The summed E-state index contributed by atoms with van der Waals surface area (Å²) >= 11 is 1.77. The van der Waals surface area contributed by atoms with Gasteiger partial charge in [-0.25, -0.2) is 0 Å². The van der Waals surface area contributed by atoms with E-state index >= 15 is 0 Å². The molecule has 0 aromatic heterocycles. The molecular weight excluding hydrogens is 184 g/mol. The number of thioether (sulfide) groups is 1. The average Bonchev–Trinajstić information content (AvgIpc) is 2.19. The van der Waals surface area contributed by atoms with Crippen molar-refractivity contribution >= 4 is 18.2 Å². The minimum Gasteiger partial charge on any atom is -0.468 e. The zero-order chi connectivity index (χ0) is 9.36. The maximum absolute atomic E-state index is 9.81. The molecule has 2 nitrogen and oxygen atoms in total. The van der Waals surface area contributed by atoms with Crippen molar-refractivity contribution in [1.29, 1.82) is 0 Å². The van der Waals surface area contributed by atoms with Crippen LogP contribution in [-0.2, 0) is 9.53 Å². The molecule has 0 saturated carbocycles. The Morgan fingerprint density at radius 1 is 1.31 bits per heavy atom. The van der Waals surface area contributed by atoms with E-state index in [9.17, 15) is 4.79 Å². The van der Waals surface area contributed by atoms with E-state index in [0.29, 0.717) is 13.1 Å². The van der Waals surface area contributed by atoms with Gasteiger partial charge in [-0.3, -0.25) is 4.79 Å². The van der Waals surface area contributed by atoms with Gasteiger partial charge in [0, 0.05) is 10.6 Å². The molecule has 3 heteroatoms. The fraction of sp³-hybridized carbons (Fsp3) is 0.300. The lowest BCUT2D eigenvalue weighted by molar-refractivity contribution is -0.128. The van der Waals surface area contributed by atoms with E-state index in [0.717, 1.165) is 12.2 Å². The van der Waals surface area contributed by atoms with Gasteiger partial charge in [-0.1, -0.05) is 18.2 Å². The Labute approximate surface area is 82.3 Å². The summed E-state index contributed by atoms with van der Waals surface area (Å²) in [6.45, 7) is 1.01. The lowest BCUT2D eigenvalue weighted by atomic mass is 10.4. The predicted molar refractivity (Wildman–Crippen MR) is 53.8 cm³/mol. The smallest absolute Gasteiger partial charge is 0.293 e. The number of ether oxygens (including phenoxy) is 1. The Bertz CT molecular complexity index is 236. The minimum absolute atomic E-state index is 0.493. The van der Waals surface area contributed by atoms with Crippen LogP contribution in [0, 0.1) is 0 Å². The highest BCUT2D eigenvalue weighted by molar-refractivity contribution is 7.99. The Hall–Kier alpha value is -0.960. The van der Waals surface area contributed by atoms with Crippen molar-refractivity contribution in [2.75, 3.05) is 12.4 Å². The zero-order valence-corrected chi connectivity index (χ0v) is 8.13. The van der Waals surface area contributed by atoms with Crippen molar-refractivity contribution in [1.82, 2.24) is 0 Å². The molecule has 13 heavy (non-hydrogen) atoms. The van der Waals surface area contributed by atoms with Crippen molar-refractivity contribution < 1.29 is 9.53 Å². The van der Waals surface area contributed by atoms with Crippen LogP contribution in [0.5, 0.6) is 0 Å². The molecule has 0 aliphatic carbocycles. The molecule has 1 aromatic rings. The lowest BCUT2D eigenvalue weighted by Crippen LogP contribution is -1.92. The molecule has 1 aromatic carbocycles. The van der Waals surface area contributed by atoms with Gasteiger partial charge in [0.15, 0.2) is 0 Å². The van der Waals surface area contributed by atoms with Gasteiger partial charge in [-0.2, -0.15) is 0 Å². The Morgan fingerprint density at radius 2 is 2.08 bits per heavy atom. The standard InChI is InChI=1S/C10H12O2S/c11-9-12-7-4-8-13-10-5-2-1-3-6-10/h1-3,5-6,9H,4,7-8H2. The third-order valence-electron chi connectivity index (χ3n) is 1.49. The molecule has 0 atom stereocenters. The van der Waals surface area contributed by atoms with Crippen molar-refractivity contribution in [3.8, 4) is 0 Å². The lowest BCUT2D eigenvalue weighted by Gasteiger charge is -1.99. The maximum atomic E-state index is 9.81. The third-order valence-corrected chi connectivity index (χ3v) is 2.58. The van der Waals surface area contributed by atoms with Crippen LogP contribution in [0.1, 0.15) is 6.42 Å². The molecule has 70 valence electrons. The molecule has 0 saturated heterocycles. The first-order valence-electron chi connectivity index (χ1n) is 4.16. The van der Waals surface area contributed by atoms with Crippen molar-refractivity contribution in [2.24, 2.45) is 0 Å². The fourth-order valence-electron chi connectivity index (χ4n) is 0.897. The fourth-order valence-corrected chi connectivity index (χ4v) is 1.74. The third kappa shape index (κ3) is 4.58. The number of hydrogen-bond acceptors (Lipinski definition) is 3. The first-order chi connectivity index (χ1) is 6.43. The number of hydrogen-bond donors (Lipinski definition) is 0. The maximum Gasteiger partial charge on any atom is 0.293 e. The quantitative estimate of drug-likeness (QED) is 0.397. The van der Waals surface area contributed by atoms with Crippen LogP contribution >= 0.6 is 11.8 Å². The van der Waals surface area contributed by atoms with Gasteiger partial charge in [-0.05, 0) is 18.6 Å². The molecule has 0 aliphatic rings. The summed E-state index contributed by atoms with van der Waals surface area (Å²) in [5.41, 5.74) is 0. The van der Waals surface area contributed by atoms with Gasteiger partial charge in [0.2, 0.25) is 0 Å². The van der Waals surface area contributed by atoms with Crippen LogP contribution < -0.4 is 0 Å². The van der Waals surface area contributed by atoms with Gasteiger partial charge in [0.1, 0.15) is 0 Å². The van der Waals surface area contributed by atoms with Crippen LogP contribution in [0.2, 0.25) is 0 Å². The van der Waals surface area contributed by atoms with Crippen LogP contribution in [0.3, 0.4) is 0 Å². The van der Waals surface area contributed by atoms with Gasteiger partial charge >= 0.3 is 0 Å². The molecule has 0 N–H and O–H groups in total. The van der Waals surface area contributed by atoms with E-state index in [4.69, 9.17) is 0 Å².